The standard InChI is InChI=1S/C18H21FN4O2/c1-10(20-17(24)23-8-13-14(9-23)18(13,2)3)16-21-15(22-25-16)11-4-6-12(19)7-5-11/h4-7,10,13-14H,8-9H2,1-3H3,(H,20,24). The van der Waals surface area contributed by atoms with Gasteiger partial charge in [0.1, 0.15) is 11.9 Å². The van der Waals surface area contributed by atoms with E-state index in [0.717, 1.165) is 13.1 Å². The van der Waals surface area contributed by atoms with Gasteiger partial charge in [-0.1, -0.05) is 19.0 Å². The number of nitrogens with zero attached hydrogens (tertiary/aromatic N) is 3. The molecule has 1 aromatic heterocycles. The molecule has 0 radical (unpaired) electrons. The second-order valence-corrected chi connectivity index (χ2v) is 7.57. The number of rotatable bonds is 3. The number of amides is 2. The fourth-order valence-corrected chi connectivity index (χ4v) is 3.76. The van der Waals surface area contributed by atoms with Crippen molar-refractivity contribution in [3.63, 3.8) is 0 Å². The second-order valence-electron chi connectivity index (χ2n) is 7.57. The molecule has 1 saturated heterocycles. The summed E-state index contributed by atoms with van der Waals surface area (Å²) in [5.41, 5.74) is 1.04. The number of carbonyl (C=O) groups excluding carboxylic acids is 1. The molecule has 2 fully saturated rings. The number of hydrogen-bond donors (Lipinski definition) is 1. The van der Waals surface area contributed by atoms with Gasteiger partial charge in [-0.05, 0) is 48.4 Å². The van der Waals surface area contributed by atoms with Crippen molar-refractivity contribution >= 4 is 6.03 Å². The van der Waals surface area contributed by atoms with Gasteiger partial charge in [0.15, 0.2) is 0 Å². The molecule has 2 aliphatic rings. The normalized spacial score (nSPS) is 24.7. The van der Waals surface area contributed by atoms with Crippen molar-refractivity contribution in [2.45, 2.75) is 26.8 Å². The first-order chi connectivity index (χ1) is 11.9. The van der Waals surface area contributed by atoms with E-state index in [1.807, 2.05) is 4.90 Å². The minimum absolute atomic E-state index is 0.1000. The van der Waals surface area contributed by atoms with E-state index in [1.165, 1.54) is 12.1 Å². The number of likely N-dealkylation sites (tertiary alicyclic amines) is 1. The summed E-state index contributed by atoms with van der Waals surface area (Å²) in [4.78, 5) is 18.6. The first kappa shape index (κ1) is 16.1. The van der Waals surface area contributed by atoms with Crippen molar-refractivity contribution < 1.29 is 13.7 Å². The van der Waals surface area contributed by atoms with Crippen LogP contribution in [0.2, 0.25) is 0 Å². The van der Waals surface area contributed by atoms with Gasteiger partial charge in [-0.15, -0.1) is 0 Å². The number of benzene rings is 1. The molecule has 2 amide bonds. The Labute approximate surface area is 145 Å². The van der Waals surface area contributed by atoms with Gasteiger partial charge in [0.05, 0.1) is 0 Å². The molecule has 1 N–H and O–H groups in total. The van der Waals surface area contributed by atoms with Crippen LogP contribution >= 0.6 is 0 Å². The molecule has 0 bridgehead atoms. The van der Waals surface area contributed by atoms with Crippen LogP contribution < -0.4 is 5.32 Å². The Morgan fingerprint density at radius 1 is 1.32 bits per heavy atom. The van der Waals surface area contributed by atoms with Crippen molar-refractivity contribution in [2.24, 2.45) is 17.3 Å². The lowest BCUT2D eigenvalue weighted by Gasteiger charge is -2.23. The van der Waals surface area contributed by atoms with Crippen molar-refractivity contribution in [3.8, 4) is 11.4 Å². The van der Waals surface area contributed by atoms with Gasteiger partial charge < -0.3 is 14.7 Å². The number of hydrogen-bond acceptors (Lipinski definition) is 4. The summed E-state index contributed by atoms with van der Waals surface area (Å²) in [6.45, 7) is 7.94. The van der Waals surface area contributed by atoms with Gasteiger partial charge in [-0.25, -0.2) is 9.18 Å². The topological polar surface area (TPSA) is 71.3 Å². The van der Waals surface area contributed by atoms with Gasteiger partial charge in [-0.3, -0.25) is 0 Å². The van der Waals surface area contributed by atoms with E-state index in [4.69, 9.17) is 4.52 Å². The molecular formula is C18H21FN4O2. The van der Waals surface area contributed by atoms with Crippen LogP contribution in [0.5, 0.6) is 0 Å². The number of aromatic nitrogens is 2. The van der Waals surface area contributed by atoms with Crippen molar-refractivity contribution in [1.82, 2.24) is 20.4 Å². The van der Waals surface area contributed by atoms with Crippen LogP contribution in [0.15, 0.2) is 28.8 Å². The minimum Gasteiger partial charge on any atom is -0.337 e. The van der Waals surface area contributed by atoms with Crippen LogP contribution in [0.3, 0.4) is 0 Å². The summed E-state index contributed by atoms with van der Waals surface area (Å²) in [6, 6.07) is 5.38. The van der Waals surface area contributed by atoms with Gasteiger partial charge >= 0.3 is 6.03 Å². The van der Waals surface area contributed by atoms with E-state index in [1.54, 1.807) is 19.1 Å². The predicted octanol–water partition coefficient (Wildman–Crippen LogP) is 3.23. The van der Waals surface area contributed by atoms with E-state index >= 15 is 0 Å². The molecule has 1 saturated carbocycles. The predicted molar refractivity (Wildman–Crippen MR) is 89.0 cm³/mol. The molecule has 1 aliphatic carbocycles. The lowest BCUT2D eigenvalue weighted by Crippen LogP contribution is -2.41. The monoisotopic (exact) mass is 344 g/mol. The van der Waals surface area contributed by atoms with Crippen LogP contribution in [0.1, 0.15) is 32.7 Å². The van der Waals surface area contributed by atoms with Gasteiger partial charge in [0.2, 0.25) is 11.7 Å². The third-order valence-corrected chi connectivity index (χ3v) is 5.66. The third-order valence-electron chi connectivity index (χ3n) is 5.66. The molecule has 7 heteroatoms. The Balaban J connectivity index is 1.38. The smallest absolute Gasteiger partial charge is 0.318 e. The number of piperidine rings is 1. The highest BCUT2D eigenvalue weighted by Crippen LogP contribution is 2.61. The van der Waals surface area contributed by atoms with E-state index < -0.39 is 0 Å². The summed E-state index contributed by atoms with van der Waals surface area (Å²) in [5.74, 6) is 1.61. The molecule has 0 spiro atoms. The Morgan fingerprint density at radius 2 is 1.96 bits per heavy atom. The zero-order valence-electron chi connectivity index (χ0n) is 14.5. The van der Waals surface area contributed by atoms with Crippen molar-refractivity contribution in [3.05, 3.63) is 36.0 Å². The molecule has 1 aromatic carbocycles. The largest absolute Gasteiger partial charge is 0.337 e. The van der Waals surface area contributed by atoms with Gasteiger partial charge in [-0.2, -0.15) is 4.98 Å². The summed E-state index contributed by atoms with van der Waals surface area (Å²) in [7, 11) is 0. The Kier molecular flexibility index (Phi) is 3.56. The molecule has 1 aliphatic heterocycles. The average Bonchev–Trinajstić information content (AvgIpc) is 3.07. The van der Waals surface area contributed by atoms with Crippen LogP contribution in [-0.4, -0.2) is 34.2 Å². The zero-order valence-corrected chi connectivity index (χ0v) is 14.5. The minimum atomic E-state index is -0.390. The summed E-state index contributed by atoms with van der Waals surface area (Å²) < 4.78 is 18.2. The lowest BCUT2D eigenvalue weighted by atomic mass is 10.1. The molecule has 2 aromatic rings. The van der Waals surface area contributed by atoms with E-state index in [2.05, 4.69) is 29.3 Å². The zero-order chi connectivity index (χ0) is 17.8. The molecule has 132 valence electrons. The van der Waals surface area contributed by atoms with Crippen molar-refractivity contribution in [1.29, 1.82) is 0 Å². The maximum absolute atomic E-state index is 13.0. The molecular weight excluding hydrogens is 323 g/mol. The average molecular weight is 344 g/mol. The van der Waals surface area contributed by atoms with Gasteiger partial charge in [0.25, 0.3) is 0 Å². The highest BCUT2D eigenvalue weighted by Gasteiger charge is 2.62. The van der Waals surface area contributed by atoms with E-state index in [-0.39, 0.29) is 17.9 Å². The van der Waals surface area contributed by atoms with Crippen LogP contribution in [0.4, 0.5) is 9.18 Å². The molecule has 3 unspecified atom stereocenters. The van der Waals surface area contributed by atoms with Crippen molar-refractivity contribution in [2.75, 3.05) is 13.1 Å². The quantitative estimate of drug-likeness (QED) is 0.928. The number of urea groups is 1. The third kappa shape index (κ3) is 2.77. The van der Waals surface area contributed by atoms with Crippen LogP contribution in [-0.2, 0) is 0 Å². The fraction of sp³-hybridized carbons (Fsp3) is 0.500. The Bertz CT molecular complexity index is 788. The number of halogens is 1. The van der Waals surface area contributed by atoms with Gasteiger partial charge in [0, 0.05) is 18.7 Å². The number of carbonyl (C=O) groups is 1. The molecule has 6 nitrogen and oxygen atoms in total. The number of fused-ring (bicyclic) bond motifs is 1. The summed E-state index contributed by atoms with van der Waals surface area (Å²) in [6.07, 6.45) is 0. The first-order valence-corrected chi connectivity index (χ1v) is 8.51. The highest BCUT2D eigenvalue weighted by atomic mass is 19.1. The summed E-state index contributed by atoms with van der Waals surface area (Å²) >= 11 is 0. The lowest BCUT2D eigenvalue weighted by molar-refractivity contribution is 0.190. The number of nitrogens with one attached hydrogen (secondary N) is 1. The second kappa shape index (κ2) is 5.54. The van der Waals surface area contributed by atoms with Crippen LogP contribution in [0, 0.1) is 23.1 Å². The SMILES string of the molecule is CC(NC(=O)N1CC2C(C1)C2(C)C)c1nc(-c2ccc(F)cc2)no1. The Morgan fingerprint density at radius 3 is 2.60 bits per heavy atom. The molecule has 4 rings (SSSR count). The fourth-order valence-electron chi connectivity index (χ4n) is 3.76. The summed E-state index contributed by atoms with van der Waals surface area (Å²) in [5, 5.41) is 6.82. The van der Waals surface area contributed by atoms with E-state index in [0.29, 0.717) is 34.5 Å². The molecule has 25 heavy (non-hydrogen) atoms. The van der Waals surface area contributed by atoms with E-state index in [9.17, 15) is 9.18 Å². The Hall–Kier alpha value is -2.44. The maximum Gasteiger partial charge on any atom is 0.318 e. The first-order valence-electron chi connectivity index (χ1n) is 8.51. The van der Waals surface area contributed by atoms with Crippen LogP contribution in [0.25, 0.3) is 11.4 Å². The molecule has 3 atom stereocenters. The molecule has 2 heterocycles. The maximum atomic E-state index is 13.0. The highest BCUT2D eigenvalue weighted by molar-refractivity contribution is 5.75.